The summed E-state index contributed by atoms with van der Waals surface area (Å²) in [4.78, 5) is 15.1. The molecule has 0 aliphatic carbocycles. The van der Waals surface area contributed by atoms with Gasteiger partial charge in [-0.25, -0.2) is 4.98 Å². The predicted molar refractivity (Wildman–Crippen MR) is 52.4 cm³/mol. The van der Waals surface area contributed by atoms with E-state index in [1.54, 1.807) is 18.6 Å². The summed E-state index contributed by atoms with van der Waals surface area (Å²) in [6.45, 7) is 0. The highest BCUT2D eigenvalue weighted by Gasteiger charge is 1.99. The summed E-state index contributed by atoms with van der Waals surface area (Å²) < 4.78 is 0. The SMILES string of the molecule is Nc1nc(CCc2cnccn2)c[nH]1. The van der Waals surface area contributed by atoms with Gasteiger partial charge in [0.05, 0.1) is 11.4 Å². The van der Waals surface area contributed by atoms with Crippen LogP contribution in [0.25, 0.3) is 0 Å². The lowest BCUT2D eigenvalue weighted by Gasteiger charge is -1.95. The van der Waals surface area contributed by atoms with Crippen molar-refractivity contribution in [1.29, 1.82) is 0 Å². The quantitative estimate of drug-likeness (QED) is 0.739. The van der Waals surface area contributed by atoms with Crippen molar-refractivity contribution in [2.75, 3.05) is 5.73 Å². The van der Waals surface area contributed by atoms with Crippen molar-refractivity contribution in [3.8, 4) is 0 Å². The molecule has 2 rings (SSSR count). The molecule has 14 heavy (non-hydrogen) atoms. The van der Waals surface area contributed by atoms with Gasteiger partial charge in [-0.15, -0.1) is 0 Å². The average Bonchev–Trinajstić information content (AvgIpc) is 2.63. The zero-order valence-corrected chi connectivity index (χ0v) is 7.64. The Bertz CT molecular complexity index is 395. The molecule has 3 N–H and O–H groups in total. The fourth-order valence-corrected chi connectivity index (χ4v) is 1.22. The maximum atomic E-state index is 5.45. The number of H-pyrrole nitrogens is 1. The average molecular weight is 189 g/mol. The molecule has 0 bridgehead atoms. The van der Waals surface area contributed by atoms with E-state index in [9.17, 15) is 0 Å². The molecule has 0 amide bonds. The van der Waals surface area contributed by atoms with Gasteiger partial charge in [0.25, 0.3) is 0 Å². The first-order valence-corrected chi connectivity index (χ1v) is 4.39. The molecule has 2 heterocycles. The molecule has 0 fully saturated rings. The number of hydrogen-bond acceptors (Lipinski definition) is 4. The van der Waals surface area contributed by atoms with E-state index in [0.717, 1.165) is 24.2 Å². The third-order valence-electron chi connectivity index (χ3n) is 1.90. The summed E-state index contributed by atoms with van der Waals surface area (Å²) in [5.41, 5.74) is 7.37. The van der Waals surface area contributed by atoms with E-state index < -0.39 is 0 Å². The van der Waals surface area contributed by atoms with Crippen molar-refractivity contribution >= 4 is 5.95 Å². The molecule has 0 radical (unpaired) electrons. The van der Waals surface area contributed by atoms with Gasteiger partial charge in [0.2, 0.25) is 0 Å². The summed E-state index contributed by atoms with van der Waals surface area (Å²) in [5, 5.41) is 0. The lowest BCUT2D eigenvalue weighted by molar-refractivity contribution is 0.877. The molecule has 0 atom stereocenters. The molecule has 5 heteroatoms. The number of hydrogen-bond donors (Lipinski definition) is 2. The number of aromatic nitrogens is 4. The Kier molecular flexibility index (Phi) is 2.40. The Morgan fingerprint density at radius 2 is 2.07 bits per heavy atom. The zero-order chi connectivity index (χ0) is 9.80. The highest BCUT2D eigenvalue weighted by atomic mass is 15.0. The topological polar surface area (TPSA) is 80.5 Å². The molecule has 0 aromatic carbocycles. The minimum absolute atomic E-state index is 0.458. The number of aromatic amines is 1. The monoisotopic (exact) mass is 189 g/mol. The van der Waals surface area contributed by atoms with Crippen molar-refractivity contribution < 1.29 is 0 Å². The van der Waals surface area contributed by atoms with Crippen molar-refractivity contribution in [2.45, 2.75) is 12.8 Å². The molecular formula is C9H11N5. The summed E-state index contributed by atoms with van der Waals surface area (Å²) in [6, 6.07) is 0. The second kappa shape index (κ2) is 3.87. The van der Waals surface area contributed by atoms with E-state index in [4.69, 9.17) is 5.73 Å². The lowest BCUT2D eigenvalue weighted by atomic mass is 10.2. The summed E-state index contributed by atoms with van der Waals surface area (Å²) in [6.07, 6.45) is 8.58. The van der Waals surface area contributed by atoms with E-state index in [1.807, 2.05) is 6.20 Å². The van der Waals surface area contributed by atoms with Gasteiger partial charge in [-0.05, 0) is 12.8 Å². The first-order valence-electron chi connectivity index (χ1n) is 4.39. The smallest absolute Gasteiger partial charge is 0.197 e. The van der Waals surface area contributed by atoms with Gasteiger partial charge in [-0.1, -0.05) is 0 Å². The maximum Gasteiger partial charge on any atom is 0.197 e. The van der Waals surface area contributed by atoms with E-state index in [2.05, 4.69) is 19.9 Å². The standard InChI is InChI=1S/C9H11N5/c10-9-13-6-8(14-9)2-1-7-5-11-3-4-12-7/h3-6H,1-2H2,(H3,10,13,14). The van der Waals surface area contributed by atoms with E-state index in [-0.39, 0.29) is 0 Å². The number of rotatable bonds is 3. The van der Waals surface area contributed by atoms with Gasteiger partial charge >= 0.3 is 0 Å². The molecular weight excluding hydrogens is 178 g/mol. The Hall–Kier alpha value is -1.91. The van der Waals surface area contributed by atoms with Crippen LogP contribution in [0, 0.1) is 0 Å². The summed E-state index contributed by atoms with van der Waals surface area (Å²) >= 11 is 0. The zero-order valence-electron chi connectivity index (χ0n) is 7.64. The first-order chi connectivity index (χ1) is 6.84. The lowest BCUT2D eigenvalue weighted by Crippen LogP contribution is -1.95. The van der Waals surface area contributed by atoms with Crippen LogP contribution in [0.15, 0.2) is 24.8 Å². The van der Waals surface area contributed by atoms with E-state index in [0.29, 0.717) is 5.95 Å². The summed E-state index contributed by atoms with van der Waals surface area (Å²) in [7, 11) is 0. The maximum absolute atomic E-state index is 5.45. The Labute approximate surface area is 81.4 Å². The van der Waals surface area contributed by atoms with Crippen LogP contribution in [0.3, 0.4) is 0 Å². The number of anilines is 1. The van der Waals surface area contributed by atoms with Crippen molar-refractivity contribution in [1.82, 2.24) is 19.9 Å². The molecule has 5 nitrogen and oxygen atoms in total. The number of nitrogen functional groups attached to an aromatic ring is 1. The molecule has 0 aliphatic heterocycles. The van der Waals surface area contributed by atoms with Crippen LogP contribution in [-0.4, -0.2) is 19.9 Å². The van der Waals surface area contributed by atoms with Crippen LogP contribution in [-0.2, 0) is 12.8 Å². The van der Waals surface area contributed by atoms with E-state index in [1.165, 1.54) is 0 Å². The predicted octanol–water partition coefficient (Wildman–Crippen LogP) is 0.567. The molecule has 0 saturated heterocycles. The fourth-order valence-electron chi connectivity index (χ4n) is 1.22. The van der Waals surface area contributed by atoms with Gasteiger partial charge in [0, 0.05) is 24.8 Å². The molecule has 0 unspecified atom stereocenters. The van der Waals surface area contributed by atoms with Crippen LogP contribution < -0.4 is 5.73 Å². The molecule has 72 valence electrons. The second-order valence-electron chi connectivity index (χ2n) is 2.97. The largest absolute Gasteiger partial charge is 0.369 e. The van der Waals surface area contributed by atoms with Crippen molar-refractivity contribution in [3.05, 3.63) is 36.2 Å². The molecule has 0 saturated carbocycles. The number of nitrogens with one attached hydrogen (secondary N) is 1. The van der Waals surface area contributed by atoms with Gasteiger partial charge in [0.15, 0.2) is 5.95 Å². The number of imidazole rings is 1. The minimum atomic E-state index is 0.458. The molecule has 0 spiro atoms. The highest BCUT2D eigenvalue weighted by Crippen LogP contribution is 2.02. The third kappa shape index (κ3) is 2.07. The van der Waals surface area contributed by atoms with Crippen LogP contribution in [0.4, 0.5) is 5.95 Å². The van der Waals surface area contributed by atoms with Crippen LogP contribution in [0.1, 0.15) is 11.4 Å². The number of nitrogens with zero attached hydrogens (tertiary/aromatic N) is 3. The first kappa shape index (κ1) is 8.68. The molecule has 2 aromatic heterocycles. The third-order valence-corrected chi connectivity index (χ3v) is 1.90. The van der Waals surface area contributed by atoms with Gasteiger partial charge in [-0.2, -0.15) is 0 Å². The Morgan fingerprint density at radius 3 is 2.71 bits per heavy atom. The number of nitrogens with two attached hydrogens (primary N) is 1. The van der Waals surface area contributed by atoms with Gasteiger partial charge in [0.1, 0.15) is 0 Å². The van der Waals surface area contributed by atoms with Gasteiger partial charge in [-0.3, -0.25) is 9.97 Å². The fraction of sp³-hybridized carbons (Fsp3) is 0.222. The summed E-state index contributed by atoms with van der Waals surface area (Å²) in [5.74, 6) is 0.458. The molecule has 0 aliphatic rings. The Balaban J connectivity index is 1.95. The van der Waals surface area contributed by atoms with Crippen LogP contribution >= 0.6 is 0 Å². The van der Waals surface area contributed by atoms with Crippen molar-refractivity contribution in [3.63, 3.8) is 0 Å². The minimum Gasteiger partial charge on any atom is -0.369 e. The van der Waals surface area contributed by atoms with Gasteiger partial charge < -0.3 is 10.7 Å². The van der Waals surface area contributed by atoms with E-state index >= 15 is 0 Å². The number of aryl methyl sites for hydroxylation is 2. The Morgan fingerprint density at radius 1 is 1.21 bits per heavy atom. The van der Waals surface area contributed by atoms with Crippen LogP contribution in [0.2, 0.25) is 0 Å². The van der Waals surface area contributed by atoms with Crippen molar-refractivity contribution in [2.24, 2.45) is 0 Å². The normalized spacial score (nSPS) is 10.3. The molecule has 2 aromatic rings. The second-order valence-corrected chi connectivity index (χ2v) is 2.97. The van der Waals surface area contributed by atoms with Crippen LogP contribution in [0.5, 0.6) is 0 Å². The highest BCUT2D eigenvalue weighted by molar-refractivity contribution is 5.18.